The van der Waals surface area contributed by atoms with Crippen molar-refractivity contribution in [3.8, 4) is 10.4 Å². The maximum absolute atomic E-state index is 14.3. The van der Waals surface area contributed by atoms with E-state index in [1.54, 1.807) is 4.90 Å². The molecule has 2 aliphatic rings. The Morgan fingerprint density at radius 1 is 1.23 bits per heavy atom. The second kappa shape index (κ2) is 11.3. The largest absolute Gasteiger partial charge is 0.408 e. The van der Waals surface area contributed by atoms with Crippen LogP contribution in [0, 0.1) is 5.92 Å². The molecule has 2 fully saturated rings. The number of aliphatic hydroxyl groups excluding tert-OH is 1. The third kappa shape index (κ3) is 6.32. The van der Waals surface area contributed by atoms with Crippen LogP contribution in [-0.4, -0.2) is 68.7 Å². The highest BCUT2D eigenvalue weighted by Gasteiger charge is 2.42. The number of thiazole rings is 1. The molecule has 39 heavy (non-hydrogen) atoms. The van der Waals surface area contributed by atoms with E-state index < -0.39 is 53.9 Å². The Morgan fingerprint density at radius 2 is 1.92 bits per heavy atom. The molecule has 214 valence electrons. The number of aliphatic hydroxyl groups is 1. The van der Waals surface area contributed by atoms with Gasteiger partial charge in [-0.1, -0.05) is 13.8 Å². The minimum absolute atomic E-state index is 0.0107. The predicted molar refractivity (Wildman–Crippen MR) is 135 cm³/mol. The SMILES string of the molecule is CC(C)[C@@H](Nc1cc(C(F)F)c(-c2sc(C(=O)NC3CC(O)C3)nc2C(=O)N2CCC[C@@H]2C)cn1)C(F)(F)F. The molecule has 0 bridgehead atoms. The van der Waals surface area contributed by atoms with Crippen LogP contribution in [0.1, 0.15) is 78.7 Å². The van der Waals surface area contributed by atoms with Crippen LogP contribution in [0.15, 0.2) is 12.3 Å². The van der Waals surface area contributed by atoms with Gasteiger partial charge in [0.2, 0.25) is 0 Å². The van der Waals surface area contributed by atoms with Crippen molar-refractivity contribution in [2.45, 2.75) is 83.3 Å². The summed E-state index contributed by atoms with van der Waals surface area (Å²) in [6.07, 6.45) is -5.05. The first-order valence-corrected chi connectivity index (χ1v) is 13.5. The summed E-state index contributed by atoms with van der Waals surface area (Å²) in [6.45, 7) is 4.98. The zero-order valence-corrected chi connectivity index (χ0v) is 22.4. The summed E-state index contributed by atoms with van der Waals surface area (Å²) in [5.74, 6) is -2.42. The molecule has 0 spiro atoms. The number of alkyl halides is 5. The van der Waals surface area contributed by atoms with Crippen molar-refractivity contribution < 1.29 is 36.6 Å². The molecule has 4 rings (SSSR count). The average Bonchev–Trinajstić information content (AvgIpc) is 3.46. The van der Waals surface area contributed by atoms with Crippen molar-refractivity contribution in [3.63, 3.8) is 0 Å². The number of carbonyl (C=O) groups is 2. The standard InChI is InChI=1S/C25H30F5N5O3S/c1-11(2)20(25(28,29)30)33-17-9-15(21(26)27)16(10-31-17)19-18(24(38)35-6-4-5-12(35)3)34-23(39-19)22(37)32-13-7-14(36)8-13/h9-14,20-21,36H,4-8H2,1-3H3,(H,31,33)(H,32,37)/t12-,13?,14?,20+/m0/s1. The molecule has 1 aliphatic carbocycles. The lowest BCUT2D eigenvalue weighted by atomic mass is 9.89. The number of likely N-dealkylation sites (tertiary alicyclic amines) is 1. The summed E-state index contributed by atoms with van der Waals surface area (Å²) in [5, 5.41) is 14.3. The van der Waals surface area contributed by atoms with Gasteiger partial charge in [-0.15, -0.1) is 11.3 Å². The third-order valence-corrected chi connectivity index (χ3v) is 8.11. The van der Waals surface area contributed by atoms with Gasteiger partial charge in [-0.25, -0.2) is 18.7 Å². The molecule has 2 amide bonds. The van der Waals surface area contributed by atoms with E-state index in [-0.39, 0.29) is 33.2 Å². The van der Waals surface area contributed by atoms with Gasteiger partial charge in [0, 0.05) is 36.0 Å². The number of hydrogen-bond donors (Lipinski definition) is 3. The van der Waals surface area contributed by atoms with Gasteiger partial charge in [-0.2, -0.15) is 13.2 Å². The highest BCUT2D eigenvalue weighted by atomic mass is 32.1. The number of amides is 2. The number of nitrogens with zero attached hydrogens (tertiary/aromatic N) is 3. The maximum atomic E-state index is 14.3. The molecule has 0 unspecified atom stereocenters. The van der Waals surface area contributed by atoms with Crippen molar-refractivity contribution in [2.24, 2.45) is 5.92 Å². The van der Waals surface area contributed by atoms with Crippen LogP contribution in [0.5, 0.6) is 0 Å². The van der Waals surface area contributed by atoms with Gasteiger partial charge < -0.3 is 20.6 Å². The molecule has 2 atom stereocenters. The van der Waals surface area contributed by atoms with Crippen LogP contribution >= 0.6 is 11.3 Å². The van der Waals surface area contributed by atoms with Crippen LogP contribution in [0.3, 0.4) is 0 Å². The van der Waals surface area contributed by atoms with E-state index >= 15 is 0 Å². The quantitative estimate of drug-likeness (QED) is 0.382. The Kier molecular flexibility index (Phi) is 8.45. The second-order valence-electron chi connectivity index (χ2n) is 10.3. The highest BCUT2D eigenvalue weighted by molar-refractivity contribution is 7.17. The van der Waals surface area contributed by atoms with Gasteiger partial charge in [-0.3, -0.25) is 9.59 Å². The van der Waals surface area contributed by atoms with E-state index in [0.717, 1.165) is 36.4 Å². The molecule has 1 saturated carbocycles. The van der Waals surface area contributed by atoms with E-state index in [1.807, 2.05) is 6.92 Å². The van der Waals surface area contributed by atoms with Crippen molar-refractivity contribution in [1.82, 2.24) is 20.2 Å². The molecule has 8 nitrogen and oxygen atoms in total. The van der Waals surface area contributed by atoms with E-state index in [0.29, 0.717) is 19.4 Å². The molecule has 0 aromatic carbocycles. The average molecular weight is 576 g/mol. The lowest BCUT2D eigenvalue weighted by Gasteiger charge is -2.31. The van der Waals surface area contributed by atoms with E-state index in [4.69, 9.17) is 0 Å². The minimum Gasteiger partial charge on any atom is -0.393 e. The number of pyridine rings is 1. The Morgan fingerprint density at radius 3 is 2.46 bits per heavy atom. The van der Waals surface area contributed by atoms with Crippen molar-refractivity contribution in [2.75, 3.05) is 11.9 Å². The number of nitrogens with one attached hydrogen (secondary N) is 2. The number of hydrogen-bond acceptors (Lipinski definition) is 7. The molecule has 2 aromatic heterocycles. The number of halogens is 5. The molecular weight excluding hydrogens is 545 g/mol. The van der Waals surface area contributed by atoms with E-state index in [1.165, 1.54) is 13.8 Å². The van der Waals surface area contributed by atoms with E-state index in [9.17, 15) is 36.6 Å². The van der Waals surface area contributed by atoms with Gasteiger partial charge >= 0.3 is 6.18 Å². The number of aromatic nitrogens is 2. The third-order valence-electron chi connectivity index (χ3n) is 7.02. The van der Waals surface area contributed by atoms with Crippen LogP contribution in [0.25, 0.3) is 10.4 Å². The summed E-state index contributed by atoms with van der Waals surface area (Å²) in [5.41, 5.74) is -1.01. The van der Waals surface area contributed by atoms with Gasteiger partial charge in [-0.05, 0) is 44.6 Å². The molecule has 0 radical (unpaired) electrons. The van der Waals surface area contributed by atoms with Crippen molar-refractivity contribution in [3.05, 3.63) is 28.5 Å². The van der Waals surface area contributed by atoms with Crippen LogP contribution in [0.2, 0.25) is 0 Å². The lowest BCUT2D eigenvalue weighted by molar-refractivity contribution is -0.150. The summed E-state index contributed by atoms with van der Waals surface area (Å²) in [4.78, 5) is 36.1. The minimum atomic E-state index is -4.64. The molecule has 3 N–H and O–H groups in total. The summed E-state index contributed by atoms with van der Waals surface area (Å²) < 4.78 is 68.9. The molecule has 14 heteroatoms. The van der Waals surface area contributed by atoms with E-state index in [2.05, 4.69) is 20.6 Å². The fraction of sp³-hybridized carbons (Fsp3) is 0.600. The topological polar surface area (TPSA) is 107 Å². The van der Waals surface area contributed by atoms with Gasteiger partial charge in [0.25, 0.3) is 18.2 Å². The predicted octanol–water partition coefficient (Wildman–Crippen LogP) is 5.02. The molecular formula is C25H30F5N5O3S. The Labute approximate surface area is 226 Å². The van der Waals surface area contributed by atoms with Gasteiger partial charge in [0.05, 0.1) is 11.0 Å². The first-order chi connectivity index (χ1) is 18.3. The first-order valence-electron chi connectivity index (χ1n) is 12.7. The van der Waals surface area contributed by atoms with Crippen molar-refractivity contribution >= 4 is 29.0 Å². The fourth-order valence-corrected chi connectivity index (χ4v) is 5.77. The molecule has 1 saturated heterocycles. The smallest absolute Gasteiger partial charge is 0.393 e. The Balaban J connectivity index is 1.74. The van der Waals surface area contributed by atoms with Crippen LogP contribution in [0.4, 0.5) is 27.8 Å². The number of rotatable bonds is 8. The van der Waals surface area contributed by atoms with Crippen molar-refractivity contribution in [1.29, 1.82) is 0 Å². The van der Waals surface area contributed by atoms with Gasteiger partial charge in [0.1, 0.15) is 17.6 Å². The Bertz CT molecular complexity index is 1220. The van der Waals surface area contributed by atoms with Crippen LogP contribution < -0.4 is 10.6 Å². The van der Waals surface area contributed by atoms with Crippen LogP contribution in [-0.2, 0) is 0 Å². The lowest BCUT2D eigenvalue weighted by Crippen LogP contribution is -2.46. The van der Waals surface area contributed by atoms with Gasteiger partial charge in [0.15, 0.2) is 5.01 Å². The fourth-order valence-electron chi connectivity index (χ4n) is 4.77. The summed E-state index contributed by atoms with van der Waals surface area (Å²) in [6, 6.07) is -1.57. The number of carbonyl (C=O) groups excluding carboxylic acids is 2. The molecule has 3 heterocycles. The molecule has 1 aliphatic heterocycles. The zero-order chi connectivity index (χ0) is 28.6. The number of anilines is 1. The maximum Gasteiger partial charge on any atom is 0.408 e. The summed E-state index contributed by atoms with van der Waals surface area (Å²) in [7, 11) is 0. The second-order valence-corrected chi connectivity index (χ2v) is 11.3. The Hall–Kier alpha value is -2.87. The summed E-state index contributed by atoms with van der Waals surface area (Å²) >= 11 is 0.740. The first kappa shape index (κ1) is 29.1. The highest BCUT2D eigenvalue weighted by Crippen LogP contribution is 2.39. The monoisotopic (exact) mass is 575 g/mol. The molecule has 2 aromatic rings. The normalized spacial score (nSPS) is 22.2. The zero-order valence-electron chi connectivity index (χ0n) is 21.6.